The van der Waals surface area contributed by atoms with Gasteiger partial charge in [0.25, 0.3) is 10.0 Å². The van der Waals surface area contributed by atoms with E-state index in [1.165, 1.54) is 0 Å². The van der Waals surface area contributed by atoms with Gasteiger partial charge in [-0.25, -0.2) is 8.42 Å². The molecule has 1 aliphatic heterocycles. The molecule has 0 aromatic heterocycles. The minimum Gasteiger partial charge on any atom is -0.494 e. The lowest BCUT2D eigenvalue weighted by atomic mass is 10.1. The van der Waals surface area contributed by atoms with Gasteiger partial charge in [0.15, 0.2) is 0 Å². The van der Waals surface area contributed by atoms with Crippen LogP contribution in [0.2, 0.25) is 0 Å². The van der Waals surface area contributed by atoms with Gasteiger partial charge in [-0.15, -0.1) is 0 Å². The first-order chi connectivity index (χ1) is 14.4. The fraction of sp³-hybridized carbons (Fsp3) is 0.435. The first-order valence-electron chi connectivity index (χ1n) is 10.6. The predicted molar refractivity (Wildman–Crippen MR) is 118 cm³/mol. The van der Waals surface area contributed by atoms with Crippen LogP contribution in [0.1, 0.15) is 43.7 Å². The van der Waals surface area contributed by atoms with E-state index in [0.29, 0.717) is 24.6 Å². The number of hydrogen-bond acceptors (Lipinski definition) is 4. The molecule has 2 aromatic rings. The second kappa shape index (κ2) is 8.30. The monoisotopic (exact) mass is 428 g/mol. The second-order valence-corrected chi connectivity index (χ2v) is 9.71. The number of sulfonamides is 1. The van der Waals surface area contributed by atoms with E-state index in [-0.39, 0.29) is 16.7 Å². The van der Waals surface area contributed by atoms with E-state index in [4.69, 9.17) is 4.74 Å². The maximum Gasteiger partial charge on any atom is 0.261 e. The van der Waals surface area contributed by atoms with Gasteiger partial charge in [-0.2, -0.15) is 0 Å². The molecule has 1 heterocycles. The molecule has 1 saturated carbocycles. The Hall–Kier alpha value is -2.54. The number of anilines is 2. The Morgan fingerprint density at radius 2 is 1.93 bits per heavy atom. The third kappa shape index (κ3) is 4.03. The summed E-state index contributed by atoms with van der Waals surface area (Å²) < 4.78 is 34.0. The Bertz CT molecular complexity index is 1060. The van der Waals surface area contributed by atoms with Gasteiger partial charge >= 0.3 is 0 Å². The Morgan fingerprint density at radius 3 is 2.63 bits per heavy atom. The van der Waals surface area contributed by atoms with E-state index in [1.54, 1.807) is 30.3 Å². The average molecular weight is 429 g/mol. The molecule has 2 aliphatic rings. The standard InChI is InChI=1S/C23H28N2O4S/c1-3-29-22-11-10-20(14-16(22)2)30(27,28)24-19-9-8-17-12-13-25(21(17)15-19)23(26)18-6-4-5-7-18/h8-11,14-15,18,24H,3-7,12-13H2,1-2H3. The minimum absolute atomic E-state index is 0.100. The van der Waals surface area contributed by atoms with Crippen molar-refractivity contribution in [2.24, 2.45) is 5.92 Å². The largest absolute Gasteiger partial charge is 0.494 e. The lowest BCUT2D eigenvalue weighted by Gasteiger charge is -2.22. The molecule has 1 aliphatic carbocycles. The molecule has 0 radical (unpaired) electrons. The molecule has 7 heteroatoms. The molecule has 0 unspecified atom stereocenters. The van der Waals surface area contributed by atoms with Crippen LogP contribution >= 0.6 is 0 Å². The van der Waals surface area contributed by atoms with Gasteiger partial charge in [0, 0.05) is 18.2 Å². The summed E-state index contributed by atoms with van der Waals surface area (Å²) in [4.78, 5) is 14.9. The normalized spacial score (nSPS) is 16.5. The van der Waals surface area contributed by atoms with E-state index in [1.807, 2.05) is 24.8 Å². The Morgan fingerprint density at radius 1 is 1.17 bits per heavy atom. The van der Waals surface area contributed by atoms with Crippen LogP contribution in [0.25, 0.3) is 0 Å². The highest BCUT2D eigenvalue weighted by molar-refractivity contribution is 7.92. The molecule has 0 spiro atoms. The number of nitrogens with zero attached hydrogens (tertiary/aromatic N) is 1. The third-order valence-electron chi connectivity index (χ3n) is 5.96. The molecule has 160 valence electrons. The van der Waals surface area contributed by atoms with E-state index in [2.05, 4.69) is 4.72 Å². The molecule has 6 nitrogen and oxygen atoms in total. The van der Waals surface area contributed by atoms with Crippen LogP contribution in [-0.4, -0.2) is 27.5 Å². The molecule has 2 aromatic carbocycles. The molecule has 1 N–H and O–H groups in total. The number of carbonyl (C=O) groups is 1. The summed E-state index contributed by atoms with van der Waals surface area (Å²) >= 11 is 0. The van der Waals surface area contributed by atoms with Crippen molar-refractivity contribution in [3.8, 4) is 5.75 Å². The third-order valence-corrected chi connectivity index (χ3v) is 7.34. The summed E-state index contributed by atoms with van der Waals surface area (Å²) in [6.07, 6.45) is 4.93. The molecule has 0 atom stereocenters. The van der Waals surface area contributed by atoms with Crippen molar-refractivity contribution in [1.82, 2.24) is 0 Å². The fourth-order valence-corrected chi connectivity index (χ4v) is 5.52. The van der Waals surface area contributed by atoms with Crippen molar-refractivity contribution < 1.29 is 17.9 Å². The molecular formula is C23H28N2O4S. The number of amides is 1. The fourth-order valence-electron chi connectivity index (χ4n) is 4.39. The van der Waals surface area contributed by atoms with Gasteiger partial charge in [0.2, 0.25) is 5.91 Å². The first kappa shape index (κ1) is 20.7. The highest BCUT2D eigenvalue weighted by atomic mass is 32.2. The van der Waals surface area contributed by atoms with Crippen molar-refractivity contribution in [1.29, 1.82) is 0 Å². The van der Waals surface area contributed by atoms with Crippen LogP contribution in [0, 0.1) is 12.8 Å². The number of benzene rings is 2. The molecule has 30 heavy (non-hydrogen) atoms. The van der Waals surface area contributed by atoms with Crippen LogP contribution < -0.4 is 14.4 Å². The maximum absolute atomic E-state index is 12.9. The number of carbonyl (C=O) groups excluding carboxylic acids is 1. The maximum atomic E-state index is 12.9. The summed E-state index contributed by atoms with van der Waals surface area (Å²) in [6, 6.07) is 10.3. The van der Waals surface area contributed by atoms with Gasteiger partial charge in [-0.3, -0.25) is 9.52 Å². The van der Waals surface area contributed by atoms with Crippen LogP contribution in [-0.2, 0) is 21.2 Å². The average Bonchev–Trinajstić information content (AvgIpc) is 3.38. The van der Waals surface area contributed by atoms with E-state index in [9.17, 15) is 13.2 Å². The highest BCUT2D eigenvalue weighted by Crippen LogP contribution is 2.35. The first-order valence-corrected chi connectivity index (χ1v) is 12.1. The molecule has 0 saturated heterocycles. The minimum atomic E-state index is -3.75. The molecule has 1 amide bonds. The van der Waals surface area contributed by atoms with Crippen LogP contribution in [0.15, 0.2) is 41.3 Å². The topological polar surface area (TPSA) is 75.7 Å². The van der Waals surface area contributed by atoms with Gasteiger partial charge in [-0.05, 0) is 74.6 Å². The number of ether oxygens (including phenoxy) is 1. The zero-order chi connectivity index (χ0) is 21.3. The molecule has 0 bridgehead atoms. The van der Waals surface area contributed by atoms with Crippen molar-refractivity contribution in [2.75, 3.05) is 22.8 Å². The second-order valence-electron chi connectivity index (χ2n) is 8.03. The Kier molecular flexibility index (Phi) is 5.73. The van der Waals surface area contributed by atoms with Crippen molar-refractivity contribution in [3.63, 3.8) is 0 Å². The van der Waals surface area contributed by atoms with Crippen LogP contribution in [0.4, 0.5) is 11.4 Å². The number of rotatable bonds is 6. The Labute approximate surface area is 178 Å². The van der Waals surface area contributed by atoms with Crippen molar-refractivity contribution in [3.05, 3.63) is 47.5 Å². The number of fused-ring (bicyclic) bond motifs is 1. The number of nitrogens with one attached hydrogen (secondary N) is 1. The quantitative estimate of drug-likeness (QED) is 0.745. The number of hydrogen-bond donors (Lipinski definition) is 1. The van der Waals surface area contributed by atoms with Gasteiger partial charge in [0.1, 0.15) is 5.75 Å². The molecule has 1 fully saturated rings. The number of aryl methyl sites for hydroxylation is 1. The van der Waals surface area contributed by atoms with Gasteiger partial charge in [-0.1, -0.05) is 18.9 Å². The van der Waals surface area contributed by atoms with Gasteiger partial charge < -0.3 is 9.64 Å². The summed E-state index contributed by atoms with van der Waals surface area (Å²) in [5, 5.41) is 0. The summed E-state index contributed by atoms with van der Waals surface area (Å²) in [5.41, 5.74) is 3.14. The predicted octanol–water partition coefficient (Wildman–Crippen LogP) is 4.27. The van der Waals surface area contributed by atoms with Crippen LogP contribution in [0.3, 0.4) is 0 Å². The molecule has 4 rings (SSSR count). The molecular weight excluding hydrogens is 400 g/mol. The van der Waals surface area contributed by atoms with E-state index in [0.717, 1.165) is 48.9 Å². The van der Waals surface area contributed by atoms with Crippen molar-refractivity contribution >= 4 is 27.3 Å². The smallest absolute Gasteiger partial charge is 0.261 e. The lowest BCUT2D eigenvalue weighted by Crippen LogP contribution is -2.33. The Balaban J connectivity index is 1.56. The van der Waals surface area contributed by atoms with Crippen LogP contribution in [0.5, 0.6) is 5.75 Å². The lowest BCUT2D eigenvalue weighted by molar-refractivity contribution is -0.122. The summed E-state index contributed by atoms with van der Waals surface area (Å²) in [6.45, 7) is 4.90. The zero-order valence-corrected chi connectivity index (χ0v) is 18.3. The summed E-state index contributed by atoms with van der Waals surface area (Å²) in [7, 11) is -3.75. The van der Waals surface area contributed by atoms with Gasteiger partial charge in [0.05, 0.1) is 17.2 Å². The van der Waals surface area contributed by atoms with E-state index < -0.39 is 10.0 Å². The zero-order valence-electron chi connectivity index (χ0n) is 17.5. The van der Waals surface area contributed by atoms with Crippen molar-refractivity contribution in [2.45, 2.75) is 50.8 Å². The highest BCUT2D eigenvalue weighted by Gasteiger charge is 2.32. The summed E-state index contributed by atoms with van der Waals surface area (Å²) in [5.74, 6) is 0.951. The van der Waals surface area contributed by atoms with E-state index >= 15 is 0 Å². The SMILES string of the molecule is CCOc1ccc(S(=O)(=O)Nc2ccc3c(c2)N(C(=O)C2CCCC2)CC3)cc1C.